The number of benzene rings is 3. The summed E-state index contributed by atoms with van der Waals surface area (Å²) in [7, 11) is 1.58. The van der Waals surface area contributed by atoms with Crippen LogP contribution in [0.3, 0.4) is 0 Å². The average molecular weight is 1480 g/mol. The van der Waals surface area contributed by atoms with E-state index in [2.05, 4.69) is 52.8 Å². The molecule has 562 valence electrons. The summed E-state index contributed by atoms with van der Waals surface area (Å²) >= 11 is 0. The van der Waals surface area contributed by atoms with E-state index in [0.29, 0.717) is 34.0 Å². The number of aliphatic hydroxyl groups excluding tert-OH is 2. The lowest BCUT2D eigenvalue weighted by molar-refractivity contribution is -0.145. The second-order valence-corrected chi connectivity index (χ2v) is 26.9. The average Bonchev–Trinajstić information content (AvgIpc) is 1.74. The number of aliphatic hydroxyl groups is 2. The number of H-pyrrole nitrogens is 1. The summed E-state index contributed by atoms with van der Waals surface area (Å²) in [6, 6.07) is 7.21. The number of phenols is 1. The maximum absolute atomic E-state index is 15.2. The number of unbranched alkanes of at least 4 members (excludes halogenated alkanes) is 1. The van der Waals surface area contributed by atoms with Crippen LogP contribution in [-0.2, 0) is 86.4 Å². The first-order valence-corrected chi connectivity index (χ1v) is 35.1. The van der Waals surface area contributed by atoms with Crippen molar-refractivity contribution in [2.75, 3.05) is 83.5 Å². The van der Waals surface area contributed by atoms with Crippen LogP contribution >= 0.6 is 21.6 Å². The van der Waals surface area contributed by atoms with Gasteiger partial charge in [0.2, 0.25) is 59.1 Å². The largest absolute Gasteiger partial charge is 0.508 e. The first kappa shape index (κ1) is 83.7. The molecule has 10 atom stereocenters. The number of aromatic amines is 1. The van der Waals surface area contributed by atoms with E-state index in [9.17, 15) is 93.3 Å². The number of hydrogen-bond donors (Lipinski definition) is 19. The van der Waals surface area contributed by atoms with Gasteiger partial charge in [-0.2, -0.15) is 0 Å². The zero-order chi connectivity index (χ0) is 75.9. The quantitative estimate of drug-likeness (QED) is 0.0150. The molecule has 0 spiro atoms. The van der Waals surface area contributed by atoms with Crippen molar-refractivity contribution in [3.63, 3.8) is 0 Å². The first-order valence-electron chi connectivity index (χ1n) is 32.6. The standard InChI is InChI=1S/C65H89N15O21S2/c1-36(81)56-64(99)75-49(63(98)77-57(37(2)82)65(100)101)35-103-102-34-48(62(97)72-46(25-39-15-17-41(83)18-16-39)60(95)73-47(26-40-27-68-43-13-7-6-12-42(40)43)61(96)71-44(58(93)76-56)14-8-9-19-66)74-59(94)45(24-38-10-4-3-5-11-38)70-51(85)28-69-52(86)30-79(29-50(67)84)22-20-78(31-53(87)88)21-23-80(32-54(89)90)33-55(91)92/h3-7,10-13,15-18,27,36-37,44-49,56-57,68,81-83H,8-9,14,19-26,28-35,66H2,1-2H3,(H2,67,84)(H,69,86)(H,70,85)(H,71,96)(H,72,97)(H,73,95)(H,74,94)(H,75,99)(H,76,93)(H,77,98)(H,87,88)(H,89,90)(H,91,92)(H,100,101)/t36-,37-,44+,45-,46+,47+,48+,49+,56-,57+/m1/s1. The molecule has 5 rings (SSSR count). The molecule has 0 bridgehead atoms. The van der Waals surface area contributed by atoms with Crippen molar-refractivity contribution >= 4 is 115 Å². The molecule has 1 aromatic heterocycles. The van der Waals surface area contributed by atoms with Crippen molar-refractivity contribution in [1.82, 2.24) is 67.5 Å². The molecule has 2 heterocycles. The number of nitrogens with one attached hydrogen (secondary N) is 10. The van der Waals surface area contributed by atoms with Crippen molar-refractivity contribution in [1.29, 1.82) is 0 Å². The van der Waals surface area contributed by atoms with E-state index in [1.807, 2.05) is 0 Å². The number of carbonyl (C=O) groups excluding carboxylic acids is 10. The number of hydrogen-bond acceptors (Lipinski definition) is 23. The molecule has 38 heteroatoms. The Bertz CT molecular complexity index is 3580. The number of aliphatic carboxylic acids is 4. The highest BCUT2D eigenvalue weighted by Crippen LogP contribution is 2.25. The summed E-state index contributed by atoms with van der Waals surface area (Å²) in [5, 5.41) is 93.0. The van der Waals surface area contributed by atoms with E-state index in [0.717, 1.165) is 40.3 Å². The first-order chi connectivity index (χ1) is 48.9. The van der Waals surface area contributed by atoms with E-state index >= 15 is 9.59 Å². The van der Waals surface area contributed by atoms with E-state index in [1.54, 1.807) is 60.8 Å². The SMILES string of the molecule is C[C@@H](O)[C@H](NC(=O)[C@@H]1CSSC[C@H](NC(=O)[C@@H](Cc2ccccc2)NC(=O)CNC(=O)CN(CCN(CCN(CC(=O)O)CC(=O)O)CC(=O)O)CC(N)=O)C(=O)N[C@@H](Cc2ccc(O)cc2)C(=O)N[C@@H](Cc2c[nH]c3ccccc23)C(=O)N[C@@H](CCCCN)C(=O)N[C@H]([C@@H](C)O)C(=O)N1)C(=O)O. The van der Waals surface area contributed by atoms with Crippen LogP contribution in [0.5, 0.6) is 5.75 Å². The number of carboxylic acids is 4. The summed E-state index contributed by atoms with van der Waals surface area (Å²) in [5.74, 6) is -16.9. The van der Waals surface area contributed by atoms with E-state index in [-0.39, 0.29) is 70.6 Å². The Morgan fingerprint density at radius 3 is 1.77 bits per heavy atom. The van der Waals surface area contributed by atoms with Gasteiger partial charge in [0.1, 0.15) is 48.0 Å². The van der Waals surface area contributed by atoms with Gasteiger partial charge >= 0.3 is 23.9 Å². The highest BCUT2D eigenvalue weighted by atomic mass is 33.1. The monoisotopic (exact) mass is 1480 g/mol. The molecule has 3 aromatic carbocycles. The molecule has 1 aliphatic rings. The van der Waals surface area contributed by atoms with Crippen molar-refractivity contribution in [3.05, 3.63) is 102 Å². The zero-order valence-corrected chi connectivity index (χ0v) is 58.1. The van der Waals surface area contributed by atoms with Crippen LogP contribution in [0.25, 0.3) is 10.9 Å². The highest BCUT2D eigenvalue weighted by Gasteiger charge is 2.38. The fourth-order valence-electron chi connectivity index (χ4n) is 10.6. The topological polar surface area (TPSA) is 566 Å². The highest BCUT2D eigenvalue weighted by molar-refractivity contribution is 8.76. The molecule has 0 unspecified atom stereocenters. The minimum atomic E-state index is -1.93. The third kappa shape index (κ3) is 29.5. The Labute approximate surface area is 598 Å². The van der Waals surface area contributed by atoms with Crippen molar-refractivity contribution in [3.8, 4) is 5.75 Å². The number of nitrogens with zero attached hydrogens (tertiary/aromatic N) is 3. The lowest BCUT2D eigenvalue weighted by Crippen LogP contribution is -2.62. The number of carbonyl (C=O) groups is 14. The Morgan fingerprint density at radius 2 is 1.17 bits per heavy atom. The number of aromatic hydroxyl groups is 1. The van der Waals surface area contributed by atoms with E-state index < -0.39 is 194 Å². The molecule has 36 nitrogen and oxygen atoms in total. The van der Waals surface area contributed by atoms with Crippen LogP contribution in [0.1, 0.15) is 49.8 Å². The molecule has 21 N–H and O–H groups in total. The van der Waals surface area contributed by atoms with Crippen molar-refractivity contribution in [2.24, 2.45) is 11.5 Å². The molecule has 103 heavy (non-hydrogen) atoms. The van der Waals surface area contributed by atoms with Gasteiger partial charge in [-0.05, 0) is 74.5 Å². The summed E-state index contributed by atoms with van der Waals surface area (Å²) in [4.78, 5) is 196. The number of amides is 10. The molecular weight excluding hydrogens is 1390 g/mol. The molecule has 1 saturated heterocycles. The molecular formula is C65H89N15O21S2. The predicted octanol–water partition coefficient (Wildman–Crippen LogP) is -5.09. The summed E-state index contributed by atoms with van der Waals surface area (Å²) in [6.07, 6.45) is -2.15. The summed E-state index contributed by atoms with van der Waals surface area (Å²) in [5.41, 5.74) is 13.3. The van der Waals surface area contributed by atoms with E-state index in [4.69, 9.17) is 11.5 Å². The Morgan fingerprint density at radius 1 is 0.602 bits per heavy atom. The van der Waals surface area contributed by atoms with Crippen molar-refractivity contribution in [2.45, 2.75) is 113 Å². The van der Waals surface area contributed by atoms with E-state index in [1.165, 1.54) is 34.1 Å². The molecule has 0 saturated carbocycles. The normalized spacial score (nSPS) is 19.2. The van der Waals surface area contributed by atoms with Crippen LogP contribution in [0.15, 0.2) is 85.1 Å². The van der Waals surface area contributed by atoms with Gasteiger partial charge in [-0.25, -0.2) is 4.79 Å². The Balaban J connectivity index is 1.52. The maximum Gasteiger partial charge on any atom is 0.328 e. The number of carboxylic acid groups (broad SMARTS) is 4. The number of nitrogens with two attached hydrogens (primary N) is 2. The molecule has 4 aromatic rings. The number of fused-ring (bicyclic) bond motifs is 1. The van der Waals surface area contributed by atoms with Gasteiger partial charge in [0.25, 0.3) is 0 Å². The number of primary amides is 1. The fraction of sp³-hybridized carbons (Fsp3) is 0.477. The maximum atomic E-state index is 15.2. The van der Waals surface area contributed by atoms with Crippen LogP contribution in [0, 0.1) is 0 Å². The van der Waals surface area contributed by atoms with Crippen LogP contribution in [0.4, 0.5) is 0 Å². The number of rotatable bonds is 36. The number of para-hydroxylation sites is 1. The van der Waals surface area contributed by atoms with Gasteiger partial charge in [0.05, 0.1) is 51.5 Å². The van der Waals surface area contributed by atoms with Gasteiger partial charge in [0, 0.05) is 74.0 Å². The second-order valence-electron chi connectivity index (χ2n) is 24.3. The van der Waals surface area contributed by atoms with Crippen LogP contribution < -0.4 is 59.3 Å². The van der Waals surface area contributed by atoms with Gasteiger partial charge in [-0.15, -0.1) is 0 Å². The third-order valence-corrected chi connectivity index (χ3v) is 18.3. The van der Waals surface area contributed by atoms with Gasteiger partial charge in [-0.1, -0.05) is 82.3 Å². The summed E-state index contributed by atoms with van der Waals surface area (Å²) < 4.78 is 0. The van der Waals surface area contributed by atoms with Gasteiger partial charge in [-0.3, -0.25) is 77.0 Å². The minimum absolute atomic E-state index is 0.104. The molecule has 10 amide bonds. The van der Waals surface area contributed by atoms with Gasteiger partial charge in [0.15, 0.2) is 6.04 Å². The van der Waals surface area contributed by atoms with Crippen LogP contribution in [0.2, 0.25) is 0 Å². The fourth-order valence-corrected chi connectivity index (χ4v) is 12.9. The number of phenolic OH excluding ortho intramolecular Hbond substituents is 1. The van der Waals surface area contributed by atoms with Gasteiger partial charge < -0.3 is 100 Å². The minimum Gasteiger partial charge on any atom is -0.508 e. The molecule has 1 fully saturated rings. The Hall–Kier alpha value is -9.96. The van der Waals surface area contributed by atoms with Crippen LogP contribution in [-0.4, -0.2) is 282 Å². The third-order valence-electron chi connectivity index (χ3n) is 15.9. The zero-order valence-electron chi connectivity index (χ0n) is 56.5. The molecule has 0 radical (unpaired) electrons. The lowest BCUT2D eigenvalue weighted by atomic mass is 10.0. The number of aromatic nitrogens is 1. The Kier molecular flexibility index (Phi) is 34.5. The molecule has 0 aliphatic carbocycles. The summed E-state index contributed by atoms with van der Waals surface area (Å²) in [6.45, 7) is -2.25. The second kappa shape index (κ2) is 42.5. The lowest BCUT2D eigenvalue weighted by Gasteiger charge is -2.29. The predicted molar refractivity (Wildman–Crippen MR) is 373 cm³/mol. The smallest absolute Gasteiger partial charge is 0.328 e. The van der Waals surface area contributed by atoms with Crippen molar-refractivity contribution < 1.29 is 103 Å². The molecule has 1 aliphatic heterocycles.